The van der Waals surface area contributed by atoms with E-state index < -0.39 is 0 Å². The molecule has 1 N–H and O–H groups in total. The van der Waals surface area contributed by atoms with Crippen LogP contribution in [0.25, 0.3) is 16.7 Å². The zero-order chi connectivity index (χ0) is 20.8. The topological polar surface area (TPSA) is 92.8 Å². The van der Waals surface area contributed by atoms with Crippen LogP contribution in [0.4, 0.5) is 5.82 Å². The van der Waals surface area contributed by atoms with Crippen LogP contribution in [0.3, 0.4) is 0 Å². The molecule has 0 spiro atoms. The Kier molecular flexibility index (Phi) is 5.67. The maximum Gasteiger partial charge on any atom is 0.225 e. The van der Waals surface area contributed by atoms with Crippen LogP contribution in [0, 0.1) is 11.3 Å². The molecule has 4 aromatic rings. The SMILES string of the molecule is N#Cc1cnn(-c2ccc3ccccc3n2)c1NC(=O)CCCOc1ccccc1. The molecule has 2 aromatic heterocycles. The molecular formula is C23H19N5O2. The first-order chi connectivity index (χ1) is 14.7. The second-order valence-electron chi connectivity index (χ2n) is 6.61. The van der Waals surface area contributed by atoms with Gasteiger partial charge in [0.05, 0.1) is 18.3 Å². The number of nitrogens with zero attached hydrogens (tertiary/aromatic N) is 4. The molecule has 0 unspecified atom stereocenters. The van der Waals surface area contributed by atoms with Gasteiger partial charge in [-0.15, -0.1) is 0 Å². The summed E-state index contributed by atoms with van der Waals surface area (Å²) in [5.41, 5.74) is 1.08. The number of nitrogens with one attached hydrogen (secondary N) is 1. The number of para-hydroxylation sites is 2. The maximum atomic E-state index is 12.4. The van der Waals surface area contributed by atoms with Crippen molar-refractivity contribution in [2.45, 2.75) is 12.8 Å². The van der Waals surface area contributed by atoms with E-state index >= 15 is 0 Å². The summed E-state index contributed by atoms with van der Waals surface area (Å²) in [6.45, 7) is 0.425. The average Bonchev–Trinajstić information content (AvgIpc) is 3.19. The van der Waals surface area contributed by atoms with Gasteiger partial charge in [0.25, 0.3) is 0 Å². The molecule has 7 heteroatoms. The van der Waals surface area contributed by atoms with Crippen molar-refractivity contribution < 1.29 is 9.53 Å². The second kappa shape index (κ2) is 8.88. The highest BCUT2D eigenvalue weighted by molar-refractivity contribution is 5.91. The van der Waals surface area contributed by atoms with Crippen molar-refractivity contribution in [2.24, 2.45) is 0 Å². The van der Waals surface area contributed by atoms with Gasteiger partial charge in [-0.05, 0) is 36.8 Å². The summed E-state index contributed by atoms with van der Waals surface area (Å²) in [7, 11) is 0. The minimum Gasteiger partial charge on any atom is -0.494 e. The molecule has 30 heavy (non-hydrogen) atoms. The number of anilines is 1. The van der Waals surface area contributed by atoms with Gasteiger partial charge in [-0.3, -0.25) is 4.79 Å². The van der Waals surface area contributed by atoms with Crippen molar-refractivity contribution in [1.82, 2.24) is 14.8 Å². The molecule has 0 saturated heterocycles. The Morgan fingerprint density at radius 1 is 1.07 bits per heavy atom. The van der Waals surface area contributed by atoms with Gasteiger partial charge >= 0.3 is 0 Å². The molecule has 2 aromatic carbocycles. The average molecular weight is 397 g/mol. The van der Waals surface area contributed by atoms with Crippen LogP contribution in [0.2, 0.25) is 0 Å². The second-order valence-corrected chi connectivity index (χ2v) is 6.61. The molecular weight excluding hydrogens is 378 g/mol. The fourth-order valence-electron chi connectivity index (χ4n) is 3.03. The summed E-state index contributed by atoms with van der Waals surface area (Å²) in [5.74, 6) is 1.39. The highest BCUT2D eigenvalue weighted by Gasteiger charge is 2.16. The molecule has 0 radical (unpaired) electrons. The smallest absolute Gasteiger partial charge is 0.225 e. The molecule has 0 aliphatic rings. The van der Waals surface area contributed by atoms with E-state index in [4.69, 9.17) is 4.74 Å². The lowest BCUT2D eigenvalue weighted by atomic mass is 10.2. The minimum absolute atomic E-state index is 0.217. The molecule has 4 rings (SSSR count). The molecule has 0 saturated carbocycles. The third-order valence-electron chi connectivity index (χ3n) is 4.51. The quantitative estimate of drug-likeness (QED) is 0.474. The normalized spacial score (nSPS) is 10.5. The first-order valence-electron chi connectivity index (χ1n) is 9.56. The molecule has 2 heterocycles. The van der Waals surface area contributed by atoms with E-state index in [1.165, 1.54) is 10.9 Å². The van der Waals surface area contributed by atoms with Crippen LogP contribution in [0.15, 0.2) is 72.9 Å². The van der Waals surface area contributed by atoms with Gasteiger partial charge in [0.1, 0.15) is 17.4 Å². The van der Waals surface area contributed by atoms with Gasteiger partial charge in [-0.2, -0.15) is 15.0 Å². The first kappa shape index (κ1) is 19.2. The zero-order valence-corrected chi connectivity index (χ0v) is 16.2. The lowest BCUT2D eigenvalue weighted by Gasteiger charge is -2.10. The van der Waals surface area contributed by atoms with E-state index in [0.29, 0.717) is 24.7 Å². The van der Waals surface area contributed by atoms with E-state index in [0.717, 1.165) is 16.7 Å². The number of ether oxygens (including phenoxy) is 1. The Bertz CT molecular complexity index is 1210. The van der Waals surface area contributed by atoms with Gasteiger partial charge in [-0.25, -0.2) is 4.98 Å². The standard InChI is InChI=1S/C23H19N5O2/c24-15-18-16-25-28(21-13-12-17-7-4-5-10-20(17)26-21)23(18)27-22(29)11-6-14-30-19-8-2-1-3-9-19/h1-5,7-10,12-13,16H,6,11,14H2,(H,27,29). The molecule has 7 nitrogen and oxygen atoms in total. The van der Waals surface area contributed by atoms with Gasteiger partial charge in [0.15, 0.2) is 11.6 Å². The number of hydrogen-bond acceptors (Lipinski definition) is 5. The third kappa shape index (κ3) is 4.28. The summed E-state index contributed by atoms with van der Waals surface area (Å²) >= 11 is 0. The van der Waals surface area contributed by atoms with E-state index in [1.54, 1.807) is 6.07 Å². The number of hydrogen-bond donors (Lipinski definition) is 1. The largest absolute Gasteiger partial charge is 0.494 e. The number of amides is 1. The number of carbonyl (C=O) groups excluding carboxylic acids is 1. The lowest BCUT2D eigenvalue weighted by molar-refractivity contribution is -0.116. The molecule has 0 aliphatic heterocycles. The summed E-state index contributed by atoms with van der Waals surface area (Å²) in [6, 6.07) is 23.0. The van der Waals surface area contributed by atoms with Crippen LogP contribution >= 0.6 is 0 Å². The Morgan fingerprint density at radius 2 is 1.87 bits per heavy atom. The fraction of sp³-hybridized carbons (Fsp3) is 0.130. The van der Waals surface area contributed by atoms with Crippen LogP contribution in [-0.4, -0.2) is 27.3 Å². The van der Waals surface area contributed by atoms with Crippen LogP contribution in [0.5, 0.6) is 5.75 Å². The van der Waals surface area contributed by atoms with E-state index in [9.17, 15) is 10.1 Å². The number of pyridine rings is 1. The number of fused-ring (bicyclic) bond motifs is 1. The van der Waals surface area contributed by atoms with Gasteiger partial charge in [0, 0.05) is 11.8 Å². The molecule has 0 aliphatic carbocycles. The predicted octanol–water partition coefficient (Wildman–Crippen LogP) is 4.09. The van der Waals surface area contributed by atoms with Crippen molar-refractivity contribution in [3.8, 4) is 17.6 Å². The molecule has 0 bridgehead atoms. The first-order valence-corrected chi connectivity index (χ1v) is 9.56. The number of carbonyl (C=O) groups is 1. The Morgan fingerprint density at radius 3 is 2.70 bits per heavy atom. The highest BCUT2D eigenvalue weighted by Crippen LogP contribution is 2.21. The zero-order valence-electron chi connectivity index (χ0n) is 16.2. The van der Waals surface area contributed by atoms with E-state index in [2.05, 4.69) is 21.5 Å². The van der Waals surface area contributed by atoms with E-state index in [-0.39, 0.29) is 17.9 Å². The number of aromatic nitrogens is 3. The van der Waals surface area contributed by atoms with Crippen molar-refractivity contribution >= 4 is 22.6 Å². The van der Waals surface area contributed by atoms with Crippen molar-refractivity contribution in [1.29, 1.82) is 5.26 Å². The Hall–Kier alpha value is -4.18. The van der Waals surface area contributed by atoms with E-state index in [1.807, 2.05) is 60.7 Å². The maximum absolute atomic E-state index is 12.4. The summed E-state index contributed by atoms with van der Waals surface area (Å²) in [5, 5.41) is 17.5. The monoisotopic (exact) mass is 397 g/mol. The number of nitriles is 1. The van der Waals surface area contributed by atoms with Crippen LogP contribution in [0.1, 0.15) is 18.4 Å². The van der Waals surface area contributed by atoms with Crippen molar-refractivity contribution in [3.05, 3.63) is 78.5 Å². The lowest BCUT2D eigenvalue weighted by Crippen LogP contribution is -2.17. The Labute approximate surface area is 173 Å². The third-order valence-corrected chi connectivity index (χ3v) is 4.51. The minimum atomic E-state index is -0.217. The number of rotatable bonds is 7. The van der Waals surface area contributed by atoms with Crippen LogP contribution < -0.4 is 10.1 Å². The molecule has 0 fully saturated rings. The Balaban J connectivity index is 1.45. The molecule has 148 valence electrons. The molecule has 0 atom stereocenters. The molecule has 1 amide bonds. The van der Waals surface area contributed by atoms with Crippen molar-refractivity contribution in [3.63, 3.8) is 0 Å². The summed E-state index contributed by atoms with van der Waals surface area (Å²) in [6.07, 6.45) is 2.23. The van der Waals surface area contributed by atoms with Crippen LogP contribution in [-0.2, 0) is 4.79 Å². The predicted molar refractivity (Wildman–Crippen MR) is 113 cm³/mol. The van der Waals surface area contributed by atoms with Gasteiger partial charge < -0.3 is 10.1 Å². The number of benzene rings is 2. The van der Waals surface area contributed by atoms with Gasteiger partial charge in [0.2, 0.25) is 5.91 Å². The highest BCUT2D eigenvalue weighted by atomic mass is 16.5. The summed E-state index contributed by atoms with van der Waals surface area (Å²) in [4.78, 5) is 17.0. The van der Waals surface area contributed by atoms with Crippen molar-refractivity contribution in [2.75, 3.05) is 11.9 Å². The summed E-state index contributed by atoms with van der Waals surface area (Å²) < 4.78 is 7.09. The fourth-order valence-corrected chi connectivity index (χ4v) is 3.03. The van der Waals surface area contributed by atoms with Gasteiger partial charge in [-0.1, -0.05) is 36.4 Å².